The number of aromatic amines is 2. The first-order chi connectivity index (χ1) is 16.7. The predicted molar refractivity (Wildman–Crippen MR) is 119 cm³/mol. The molecule has 0 aliphatic heterocycles. The van der Waals surface area contributed by atoms with E-state index < -0.39 is 23.0 Å². The second-order valence-electron chi connectivity index (χ2n) is 7.30. The monoisotopic (exact) mass is 503 g/mol. The van der Waals surface area contributed by atoms with Gasteiger partial charge in [-0.2, -0.15) is 13.2 Å². The Labute approximate surface area is 197 Å². The first-order valence-electron chi connectivity index (χ1n) is 9.84. The number of hydrogen-bond acceptors (Lipinski definition) is 6. The molecule has 178 valence electrons. The third-order valence-corrected chi connectivity index (χ3v) is 5.38. The standard InChI is InChI=1S/C21H13ClF3N7O3/c1-35-15-8-31(20-27-13-4-5-26-18(13)19(34)28-20)17(33)7-12(15)11-6-10(22)2-3-14(11)32-9-16(29-30-32)21(23,24)25/h2-9,26H,1H3,(H,27,28,34). The van der Waals surface area contributed by atoms with Gasteiger partial charge in [-0.1, -0.05) is 16.8 Å². The quantitative estimate of drug-likeness (QED) is 0.388. The first kappa shape index (κ1) is 22.4. The summed E-state index contributed by atoms with van der Waals surface area (Å²) in [6.45, 7) is 0. The van der Waals surface area contributed by atoms with E-state index in [1.54, 1.807) is 6.07 Å². The lowest BCUT2D eigenvalue weighted by Gasteiger charge is -2.15. The molecule has 0 unspecified atom stereocenters. The Morgan fingerprint density at radius 3 is 2.60 bits per heavy atom. The van der Waals surface area contributed by atoms with E-state index in [2.05, 4.69) is 25.3 Å². The van der Waals surface area contributed by atoms with Crippen molar-refractivity contribution in [2.24, 2.45) is 0 Å². The number of halogens is 4. The van der Waals surface area contributed by atoms with E-state index >= 15 is 0 Å². The van der Waals surface area contributed by atoms with Crippen LogP contribution in [0.15, 0.2) is 58.5 Å². The van der Waals surface area contributed by atoms with Crippen LogP contribution in [0.1, 0.15) is 5.69 Å². The van der Waals surface area contributed by atoms with Gasteiger partial charge in [0.05, 0.1) is 30.7 Å². The summed E-state index contributed by atoms with van der Waals surface area (Å²) in [5, 5.41) is 7.01. The molecule has 0 aliphatic carbocycles. The highest BCUT2D eigenvalue weighted by atomic mass is 35.5. The Kier molecular flexibility index (Phi) is 5.20. The minimum absolute atomic E-state index is 0.0469. The van der Waals surface area contributed by atoms with Gasteiger partial charge in [0.1, 0.15) is 11.3 Å². The molecule has 35 heavy (non-hydrogen) atoms. The molecule has 0 aliphatic rings. The minimum Gasteiger partial charge on any atom is -0.495 e. The summed E-state index contributed by atoms with van der Waals surface area (Å²) in [6, 6.07) is 7.13. The smallest absolute Gasteiger partial charge is 0.436 e. The Balaban J connectivity index is 1.69. The number of hydrogen-bond donors (Lipinski definition) is 2. The summed E-state index contributed by atoms with van der Waals surface area (Å²) in [5.74, 6) is 0.107. The summed E-state index contributed by atoms with van der Waals surface area (Å²) < 4.78 is 46.6. The van der Waals surface area contributed by atoms with Crippen molar-refractivity contribution in [1.82, 2.24) is 34.5 Å². The minimum atomic E-state index is -4.69. The fourth-order valence-electron chi connectivity index (χ4n) is 3.54. The number of fused-ring (bicyclic) bond motifs is 1. The van der Waals surface area contributed by atoms with Crippen molar-refractivity contribution >= 4 is 22.6 Å². The fraction of sp³-hybridized carbons (Fsp3) is 0.0952. The topological polar surface area (TPSA) is 123 Å². The highest BCUT2D eigenvalue weighted by Crippen LogP contribution is 2.36. The highest BCUT2D eigenvalue weighted by Gasteiger charge is 2.34. The van der Waals surface area contributed by atoms with Crippen LogP contribution < -0.4 is 15.9 Å². The van der Waals surface area contributed by atoms with Crippen LogP contribution in [0.25, 0.3) is 33.8 Å². The van der Waals surface area contributed by atoms with E-state index in [-0.39, 0.29) is 39.1 Å². The van der Waals surface area contributed by atoms with Crippen LogP contribution in [0.3, 0.4) is 0 Å². The normalized spacial score (nSPS) is 11.8. The maximum absolute atomic E-state index is 13.1. The average molecular weight is 504 g/mol. The van der Waals surface area contributed by atoms with Crippen molar-refractivity contribution in [2.45, 2.75) is 6.18 Å². The van der Waals surface area contributed by atoms with Crippen LogP contribution in [0.4, 0.5) is 13.2 Å². The van der Waals surface area contributed by atoms with Gasteiger partial charge in [-0.25, -0.2) is 14.2 Å². The van der Waals surface area contributed by atoms with Crippen LogP contribution in [0, 0.1) is 0 Å². The van der Waals surface area contributed by atoms with Crippen molar-refractivity contribution in [3.8, 4) is 28.5 Å². The van der Waals surface area contributed by atoms with Crippen LogP contribution in [-0.2, 0) is 6.18 Å². The average Bonchev–Trinajstić information content (AvgIpc) is 3.49. The third-order valence-electron chi connectivity index (χ3n) is 5.15. The molecule has 14 heteroatoms. The zero-order valence-electron chi connectivity index (χ0n) is 17.6. The summed E-state index contributed by atoms with van der Waals surface area (Å²) in [7, 11) is 1.35. The molecular weight excluding hydrogens is 491 g/mol. The number of ether oxygens (including phenoxy) is 1. The van der Waals surface area contributed by atoms with Crippen molar-refractivity contribution in [3.63, 3.8) is 0 Å². The fourth-order valence-corrected chi connectivity index (χ4v) is 3.72. The number of methoxy groups -OCH3 is 1. The molecule has 0 bridgehead atoms. The largest absolute Gasteiger partial charge is 0.495 e. The molecular formula is C21H13ClF3N7O3. The number of aromatic nitrogens is 7. The van der Waals surface area contributed by atoms with Crippen molar-refractivity contribution in [2.75, 3.05) is 7.11 Å². The molecule has 1 aromatic carbocycles. The third kappa shape index (κ3) is 3.95. The molecule has 4 aromatic heterocycles. The summed E-state index contributed by atoms with van der Waals surface area (Å²) in [5.41, 5.74) is -1.00. The number of benzene rings is 1. The molecule has 0 fully saturated rings. The Bertz CT molecular complexity index is 1700. The zero-order chi connectivity index (χ0) is 24.9. The van der Waals surface area contributed by atoms with Gasteiger partial charge in [0.15, 0.2) is 5.69 Å². The van der Waals surface area contributed by atoms with Crippen molar-refractivity contribution in [1.29, 1.82) is 0 Å². The lowest BCUT2D eigenvalue weighted by Crippen LogP contribution is -2.23. The van der Waals surface area contributed by atoms with Crippen LogP contribution in [0.2, 0.25) is 5.02 Å². The molecule has 5 rings (SSSR count). The van der Waals surface area contributed by atoms with E-state index in [1.165, 1.54) is 43.8 Å². The summed E-state index contributed by atoms with van der Waals surface area (Å²) in [6.07, 6.45) is -1.12. The van der Waals surface area contributed by atoms with E-state index in [4.69, 9.17) is 16.3 Å². The predicted octanol–water partition coefficient (Wildman–Crippen LogP) is 3.33. The van der Waals surface area contributed by atoms with Crippen LogP contribution in [0.5, 0.6) is 5.75 Å². The van der Waals surface area contributed by atoms with Crippen molar-refractivity contribution < 1.29 is 17.9 Å². The second kappa shape index (κ2) is 8.13. The Morgan fingerprint density at radius 1 is 1.09 bits per heavy atom. The molecule has 2 N–H and O–H groups in total. The van der Waals surface area contributed by atoms with Gasteiger partial charge in [0, 0.05) is 28.4 Å². The number of nitrogens with one attached hydrogen (secondary N) is 2. The lowest BCUT2D eigenvalue weighted by atomic mass is 10.0. The number of H-pyrrole nitrogens is 2. The molecule has 0 saturated carbocycles. The number of rotatable bonds is 4. The number of alkyl halides is 3. The number of pyridine rings is 1. The van der Waals surface area contributed by atoms with Gasteiger partial charge >= 0.3 is 6.18 Å². The lowest BCUT2D eigenvalue weighted by molar-refractivity contribution is -0.141. The molecule has 5 aromatic rings. The molecule has 4 heterocycles. The van der Waals surface area contributed by atoms with Gasteiger partial charge in [-0.15, -0.1) is 5.10 Å². The number of nitrogens with zero attached hydrogens (tertiary/aromatic N) is 5. The zero-order valence-corrected chi connectivity index (χ0v) is 18.3. The van der Waals surface area contributed by atoms with Crippen LogP contribution in [-0.4, -0.2) is 41.6 Å². The molecule has 0 saturated heterocycles. The molecule has 0 amide bonds. The highest BCUT2D eigenvalue weighted by molar-refractivity contribution is 6.31. The van der Waals surface area contributed by atoms with E-state index in [9.17, 15) is 22.8 Å². The first-order valence-corrected chi connectivity index (χ1v) is 10.2. The Morgan fingerprint density at radius 2 is 1.89 bits per heavy atom. The van der Waals surface area contributed by atoms with Gasteiger partial charge in [-0.3, -0.25) is 14.6 Å². The molecule has 0 spiro atoms. The second-order valence-corrected chi connectivity index (χ2v) is 7.74. The van der Waals surface area contributed by atoms with Crippen molar-refractivity contribution in [3.05, 3.63) is 80.3 Å². The molecule has 10 nitrogen and oxygen atoms in total. The molecule has 0 radical (unpaired) electrons. The van der Waals surface area contributed by atoms with Gasteiger partial charge in [-0.05, 0) is 24.3 Å². The van der Waals surface area contributed by atoms with Gasteiger partial charge in [0.25, 0.3) is 11.1 Å². The SMILES string of the molecule is COc1cn(-c2nc3cc[nH]c3c(=O)[nH]2)c(=O)cc1-c1cc(Cl)ccc1-n1cc(C(F)(F)F)nn1. The van der Waals surface area contributed by atoms with E-state index in [0.29, 0.717) is 5.52 Å². The maximum Gasteiger partial charge on any atom is 0.436 e. The Hall–Kier alpha value is -4.39. The van der Waals surface area contributed by atoms with E-state index in [1.807, 2.05) is 0 Å². The van der Waals surface area contributed by atoms with Crippen LogP contribution >= 0.6 is 11.6 Å². The molecule has 0 atom stereocenters. The summed E-state index contributed by atoms with van der Waals surface area (Å²) in [4.78, 5) is 34.9. The van der Waals surface area contributed by atoms with Gasteiger partial charge in [0.2, 0.25) is 5.95 Å². The van der Waals surface area contributed by atoms with E-state index in [0.717, 1.165) is 15.4 Å². The van der Waals surface area contributed by atoms with Gasteiger partial charge < -0.3 is 9.72 Å². The summed E-state index contributed by atoms with van der Waals surface area (Å²) >= 11 is 6.15. The maximum atomic E-state index is 13.1.